The lowest BCUT2D eigenvalue weighted by molar-refractivity contribution is 0.0698. The van der Waals surface area contributed by atoms with Crippen LogP contribution in [-0.4, -0.2) is 27.3 Å². The minimum atomic E-state index is -1.11. The summed E-state index contributed by atoms with van der Waals surface area (Å²) in [4.78, 5) is 24.1. The number of benzene rings is 3. The summed E-state index contributed by atoms with van der Waals surface area (Å²) >= 11 is 5.41. The minimum Gasteiger partial charge on any atom is -0.508 e. The van der Waals surface area contributed by atoms with Crippen LogP contribution in [-0.2, 0) is 0 Å². The third-order valence-electron chi connectivity index (χ3n) is 5.83. The summed E-state index contributed by atoms with van der Waals surface area (Å²) in [6.07, 6.45) is 3.12. The van der Waals surface area contributed by atoms with Crippen molar-refractivity contribution in [1.29, 1.82) is 0 Å². The number of aromatic hydroxyl groups is 1. The van der Waals surface area contributed by atoms with Gasteiger partial charge in [-0.05, 0) is 67.5 Å². The Morgan fingerprint density at radius 3 is 2.66 bits per heavy atom. The lowest BCUT2D eigenvalue weighted by atomic mass is 9.92. The molecule has 1 aliphatic heterocycles. The summed E-state index contributed by atoms with van der Waals surface area (Å²) < 4.78 is 5.87. The number of thiocarbonyl (C=S) groups is 1. The molecule has 2 aliphatic rings. The fraction of sp³-hybridized carbons (Fsp3) is 0.222. The number of hydrogen-bond donors (Lipinski definition) is 4. The quantitative estimate of drug-likeness (QED) is 0.189. The van der Waals surface area contributed by atoms with Gasteiger partial charge in [0.2, 0.25) is 0 Å². The zero-order valence-corrected chi connectivity index (χ0v) is 20.2. The summed E-state index contributed by atoms with van der Waals surface area (Å²) in [7, 11) is 0. The van der Waals surface area contributed by atoms with Crippen molar-refractivity contribution in [1.82, 2.24) is 5.32 Å². The molecule has 4 rings (SSSR count). The highest BCUT2D eigenvalue weighted by molar-refractivity contribution is 7.80. The third-order valence-corrected chi connectivity index (χ3v) is 6.05. The van der Waals surface area contributed by atoms with Crippen molar-refractivity contribution >= 4 is 40.0 Å². The molecule has 0 spiro atoms. The summed E-state index contributed by atoms with van der Waals surface area (Å²) in [5.41, 5.74) is 2.56. The number of phenols is 1. The van der Waals surface area contributed by atoms with Gasteiger partial charge >= 0.3 is 5.97 Å². The number of carbonyl (C=O) groups is 1. The Morgan fingerprint density at radius 1 is 1.11 bits per heavy atom. The lowest BCUT2D eigenvalue weighted by Gasteiger charge is -2.19. The van der Waals surface area contributed by atoms with Gasteiger partial charge in [0.05, 0.1) is 11.3 Å². The molecule has 0 radical (unpaired) electrons. The highest BCUT2D eigenvalue weighted by Gasteiger charge is 2.20. The predicted octanol–water partition coefficient (Wildman–Crippen LogP) is 5.83. The molecule has 35 heavy (non-hydrogen) atoms. The molecule has 1 aliphatic carbocycles. The molecule has 1 heterocycles. The first kappa shape index (κ1) is 24.2. The number of nitrogens with one attached hydrogen (secondary N) is 2. The van der Waals surface area contributed by atoms with Gasteiger partial charge in [-0.1, -0.05) is 25.8 Å². The number of fused-ring (bicyclic) bond motifs is 2. The van der Waals surface area contributed by atoms with E-state index < -0.39 is 5.97 Å². The van der Waals surface area contributed by atoms with Crippen LogP contribution in [0.4, 0.5) is 5.69 Å². The first-order valence-corrected chi connectivity index (χ1v) is 11.8. The normalized spacial score (nSPS) is 11.9. The number of aromatic carboxylic acids is 1. The Morgan fingerprint density at radius 2 is 1.91 bits per heavy atom. The van der Waals surface area contributed by atoms with E-state index >= 15 is 0 Å². The molecule has 2 aromatic rings. The lowest BCUT2D eigenvalue weighted by Crippen LogP contribution is -2.36. The first-order chi connectivity index (χ1) is 16.8. The molecule has 0 unspecified atom stereocenters. The monoisotopic (exact) mass is 490 g/mol. The number of carboxylic acids is 1. The number of anilines is 1. The topological polar surface area (TPSA) is 112 Å². The van der Waals surface area contributed by atoms with Crippen LogP contribution < -0.4 is 16.1 Å². The van der Waals surface area contributed by atoms with Crippen LogP contribution in [0.2, 0.25) is 0 Å². The molecule has 0 saturated carbocycles. The Hall–Kier alpha value is -3.91. The fourth-order valence-corrected chi connectivity index (χ4v) is 4.43. The summed E-state index contributed by atoms with van der Waals surface area (Å²) in [5, 5.41) is 27.1. The highest BCUT2D eigenvalue weighted by atomic mass is 32.1. The van der Waals surface area contributed by atoms with Crippen LogP contribution in [0.5, 0.6) is 5.75 Å². The van der Waals surface area contributed by atoms with Crippen LogP contribution in [0.15, 0.2) is 63.8 Å². The van der Waals surface area contributed by atoms with Gasteiger partial charge in [-0.25, -0.2) is 4.79 Å². The largest absolute Gasteiger partial charge is 0.508 e. The zero-order chi connectivity index (χ0) is 25.1. The Balaban J connectivity index is 1.79. The molecule has 0 fully saturated rings. The Kier molecular flexibility index (Phi) is 7.02. The van der Waals surface area contributed by atoms with Gasteiger partial charge in [-0.2, -0.15) is 0 Å². The van der Waals surface area contributed by atoms with Crippen LogP contribution in [0.25, 0.3) is 33.4 Å². The van der Waals surface area contributed by atoms with Crippen molar-refractivity contribution in [2.45, 2.75) is 39.2 Å². The molecule has 2 aromatic carbocycles. The van der Waals surface area contributed by atoms with Gasteiger partial charge in [0.25, 0.3) is 0 Å². The van der Waals surface area contributed by atoms with Crippen molar-refractivity contribution < 1.29 is 19.4 Å². The van der Waals surface area contributed by atoms with Crippen LogP contribution >= 0.6 is 12.2 Å². The third kappa shape index (κ3) is 5.27. The number of carboxylic acid groups (broad SMARTS) is 1. The van der Waals surface area contributed by atoms with Crippen molar-refractivity contribution in [3.63, 3.8) is 0 Å². The van der Waals surface area contributed by atoms with Gasteiger partial charge in [0.1, 0.15) is 17.1 Å². The van der Waals surface area contributed by atoms with E-state index in [0.717, 1.165) is 19.3 Å². The maximum Gasteiger partial charge on any atom is 0.337 e. The van der Waals surface area contributed by atoms with E-state index in [2.05, 4.69) is 17.6 Å². The van der Waals surface area contributed by atoms with Crippen molar-refractivity contribution in [2.75, 3.05) is 5.32 Å². The number of rotatable bonds is 7. The van der Waals surface area contributed by atoms with Crippen molar-refractivity contribution in [2.24, 2.45) is 0 Å². The van der Waals surface area contributed by atoms with Gasteiger partial charge in [0.15, 0.2) is 10.5 Å². The molecular weight excluding hydrogens is 464 g/mol. The maximum atomic E-state index is 12.2. The molecular formula is C27H26N2O5S. The highest BCUT2D eigenvalue weighted by Crippen LogP contribution is 2.41. The fourth-order valence-electron chi connectivity index (χ4n) is 4.12. The van der Waals surface area contributed by atoms with Gasteiger partial charge in [0, 0.05) is 34.7 Å². The van der Waals surface area contributed by atoms with E-state index in [1.54, 1.807) is 30.3 Å². The second-order valence-electron chi connectivity index (χ2n) is 8.52. The summed E-state index contributed by atoms with van der Waals surface area (Å²) in [6.45, 7) is 4.16. The predicted molar refractivity (Wildman–Crippen MR) is 142 cm³/mol. The molecule has 4 N–H and O–H groups in total. The smallest absolute Gasteiger partial charge is 0.337 e. The average Bonchev–Trinajstić information content (AvgIpc) is 2.81. The second kappa shape index (κ2) is 10.1. The molecule has 8 heteroatoms. The van der Waals surface area contributed by atoms with E-state index in [9.17, 15) is 19.8 Å². The van der Waals surface area contributed by atoms with Crippen molar-refractivity contribution in [3.8, 4) is 28.2 Å². The SMILES string of the molecule is CCCC[C@@H](C)NC(=S)Nc1ccc(-c2c3ccc(=O)cc-3oc3cc(O)ccc23)cc1C(=O)O. The second-order valence-corrected chi connectivity index (χ2v) is 8.93. The Labute approximate surface area is 207 Å². The van der Waals surface area contributed by atoms with Gasteiger partial charge < -0.3 is 25.3 Å². The molecule has 0 aromatic heterocycles. The summed E-state index contributed by atoms with van der Waals surface area (Å²) in [5.74, 6) is -0.745. The molecule has 180 valence electrons. The van der Waals surface area contributed by atoms with Gasteiger partial charge in [-0.15, -0.1) is 0 Å². The van der Waals surface area contributed by atoms with E-state index in [-0.39, 0.29) is 22.8 Å². The van der Waals surface area contributed by atoms with Gasteiger partial charge in [-0.3, -0.25) is 4.79 Å². The molecule has 0 saturated heterocycles. The van der Waals surface area contributed by atoms with E-state index in [1.807, 2.05) is 6.92 Å². The van der Waals surface area contributed by atoms with Crippen molar-refractivity contribution in [3.05, 3.63) is 70.4 Å². The zero-order valence-electron chi connectivity index (χ0n) is 19.4. The van der Waals surface area contributed by atoms with E-state index in [0.29, 0.717) is 44.2 Å². The van der Waals surface area contributed by atoms with Crippen LogP contribution in [0.3, 0.4) is 0 Å². The number of unbranched alkanes of at least 4 members (excludes halogenated alkanes) is 1. The number of phenolic OH excluding ortho intramolecular Hbond substituents is 1. The standard InChI is InChI=1S/C27H26N2O5S/c1-3-4-5-15(2)28-27(35)29-22-11-6-16(12-21(22)26(32)33)25-19-9-7-17(30)13-23(19)34-24-14-18(31)8-10-20(24)25/h6-15,30H,3-5H2,1-2H3,(H,32,33)(H2,28,29,35)/t15-/m1/s1. The number of hydrogen-bond acceptors (Lipinski definition) is 5. The Bertz CT molecular complexity index is 1450. The molecule has 1 atom stereocenters. The van der Waals surface area contributed by atoms with E-state index in [1.165, 1.54) is 24.3 Å². The first-order valence-electron chi connectivity index (χ1n) is 11.4. The minimum absolute atomic E-state index is 0.0183. The maximum absolute atomic E-state index is 12.2. The molecule has 7 nitrogen and oxygen atoms in total. The molecule has 0 amide bonds. The summed E-state index contributed by atoms with van der Waals surface area (Å²) in [6, 6.07) is 14.4. The average molecular weight is 491 g/mol. The van der Waals surface area contributed by atoms with Crippen LogP contribution in [0, 0.1) is 0 Å². The van der Waals surface area contributed by atoms with E-state index in [4.69, 9.17) is 16.6 Å². The molecule has 0 bridgehead atoms. The van der Waals surface area contributed by atoms with Crippen LogP contribution in [0.1, 0.15) is 43.5 Å².